The molecular formula is C31H35Cl2N3O4. The highest BCUT2D eigenvalue weighted by atomic mass is 35.5. The molecule has 0 bridgehead atoms. The number of carbonyl (C=O) groups is 2. The summed E-state index contributed by atoms with van der Waals surface area (Å²) in [5, 5.41) is 14.9. The smallest absolute Gasteiger partial charge is 0.410 e. The number of hydrogen-bond donors (Lipinski definition) is 2. The molecule has 9 heteroatoms. The fourth-order valence-electron chi connectivity index (χ4n) is 5.76. The van der Waals surface area contributed by atoms with Gasteiger partial charge in [0.1, 0.15) is 0 Å². The first-order valence-electron chi connectivity index (χ1n) is 13.8. The number of ether oxygens (including phenoxy) is 1. The van der Waals surface area contributed by atoms with Crippen LogP contribution in [0.25, 0.3) is 22.0 Å². The summed E-state index contributed by atoms with van der Waals surface area (Å²) in [5.41, 5.74) is 3.43. The lowest BCUT2D eigenvalue weighted by molar-refractivity contribution is 0.0440. The fraction of sp³-hybridized carbons (Fsp3) is 0.452. The third-order valence-corrected chi connectivity index (χ3v) is 8.51. The van der Waals surface area contributed by atoms with Crippen LogP contribution in [0, 0.1) is 5.92 Å². The third kappa shape index (κ3) is 5.72. The van der Waals surface area contributed by atoms with Crippen molar-refractivity contribution in [2.45, 2.75) is 76.9 Å². The third-order valence-electron chi connectivity index (χ3n) is 7.94. The highest BCUT2D eigenvalue weighted by Crippen LogP contribution is 2.41. The number of halogens is 2. The number of phenolic OH excluding ortho intramolecular Hbond substituents is 1. The Morgan fingerprint density at radius 3 is 2.23 bits per heavy atom. The number of carbonyl (C=O) groups excluding carboxylic acids is 2. The maximum atomic E-state index is 13.4. The first kappa shape index (κ1) is 28.5. The van der Waals surface area contributed by atoms with Crippen LogP contribution in [0.3, 0.4) is 0 Å². The standard InChI is InChI=1S/C31H35Cl2N3O4/c1-31(2,3)36(30(39)40-4)21-10-8-20(9-11-21)35-27-22-13-18(19-14-24(32)29(38)25(33)15-19)7-12-26(22)34-16-23(27)28(37)17-5-6-17/h7,12-17,20-21,38H,5-6,8-11H2,1-4H3,(H,34,35). The number of hydrogen-bond acceptors (Lipinski definition) is 6. The zero-order valence-corrected chi connectivity index (χ0v) is 24.8. The summed E-state index contributed by atoms with van der Waals surface area (Å²) in [4.78, 5) is 32.4. The van der Waals surface area contributed by atoms with E-state index in [1.807, 2.05) is 43.9 Å². The van der Waals surface area contributed by atoms with E-state index in [0.29, 0.717) is 5.56 Å². The summed E-state index contributed by atoms with van der Waals surface area (Å²) in [6.07, 6.45) is 6.55. The van der Waals surface area contributed by atoms with E-state index < -0.39 is 0 Å². The first-order chi connectivity index (χ1) is 19.0. The number of Topliss-reactive ketones (excluding diaryl/α,β-unsaturated/α-hetero) is 1. The predicted molar refractivity (Wildman–Crippen MR) is 160 cm³/mol. The molecular weight excluding hydrogens is 549 g/mol. The SMILES string of the molecule is COC(=O)N(C1CCC(Nc2c(C(=O)C3CC3)cnc3ccc(-c4cc(Cl)c(O)c(Cl)c4)cc23)CC1)C(C)(C)C. The summed E-state index contributed by atoms with van der Waals surface area (Å²) in [7, 11) is 1.43. The second kappa shape index (κ2) is 11.1. The molecule has 0 radical (unpaired) electrons. The van der Waals surface area contributed by atoms with E-state index in [4.69, 9.17) is 27.9 Å². The number of fused-ring (bicyclic) bond motifs is 1. The van der Waals surface area contributed by atoms with Crippen molar-refractivity contribution >= 4 is 51.7 Å². The van der Waals surface area contributed by atoms with Gasteiger partial charge < -0.3 is 20.1 Å². The van der Waals surface area contributed by atoms with Gasteiger partial charge in [0.2, 0.25) is 0 Å². The Kier molecular flexibility index (Phi) is 7.90. The fourth-order valence-corrected chi connectivity index (χ4v) is 6.25. The molecule has 2 fully saturated rings. The molecule has 3 aromatic rings. The molecule has 1 heterocycles. The molecule has 0 aliphatic heterocycles. The van der Waals surface area contributed by atoms with E-state index in [-0.39, 0.29) is 51.2 Å². The van der Waals surface area contributed by atoms with E-state index in [1.54, 1.807) is 18.3 Å². The van der Waals surface area contributed by atoms with Gasteiger partial charge in [0.25, 0.3) is 0 Å². The maximum Gasteiger partial charge on any atom is 0.410 e. The average Bonchev–Trinajstić information content (AvgIpc) is 3.77. The van der Waals surface area contributed by atoms with Gasteiger partial charge >= 0.3 is 6.09 Å². The number of pyridine rings is 1. The molecule has 2 saturated carbocycles. The maximum absolute atomic E-state index is 13.4. The molecule has 0 saturated heterocycles. The van der Waals surface area contributed by atoms with Crippen molar-refractivity contribution in [2.75, 3.05) is 12.4 Å². The van der Waals surface area contributed by atoms with Crippen LogP contribution in [0.5, 0.6) is 5.75 Å². The number of methoxy groups -OCH3 is 1. The van der Waals surface area contributed by atoms with E-state index in [0.717, 1.165) is 66.2 Å². The summed E-state index contributed by atoms with van der Waals surface area (Å²) < 4.78 is 5.10. The van der Waals surface area contributed by atoms with Crippen molar-refractivity contribution in [3.63, 3.8) is 0 Å². The number of rotatable bonds is 6. The van der Waals surface area contributed by atoms with E-state index >= 15 is 0 Å². The van der Waals surface area contributed by atoms with Gasteiger partial charge in [0, 0.05) is 35.1 Å². The monoisotopic (exact) mass is 583 g/mol. The van der Waals surface area contributed by atoms with Crippen LogP contribution in [-0.2, 0) is 4.74 Å². The van der Waals surface area contributed by atoms with Crippen molar-refractivity contribution in [3.05, 3.63) is 52.1 Å². The lowest BCUT2D eigenvalue weighted by Gasteiger charge is -2.43. The summed E-state index contributed by atoms with van der Waals surface area (Å²) >= 11 is 12.4. The van der Waals surface area contributed by atoms with Crippen LogP contribution in [0.1, 0.15) is 69.7 Å². The molecule has 0 atom stereocenters. The average molecular weight is 585 g/mol. The number of anilines is 1. The Bertz CT molecular complexity index is 1430. The minimum Gasteiger partial charge on any atom is -0.505 e. The minimum atomic E-state index is -0.348. The van der Waals surface area contributed by atoms with Crippen LogP contribution in [0.15, 0.2) is 36.5 Å². The molecule has 40 heavy (non-hydrogen) atoms. The van der Waals surface area contributed by atoms with Crippen LogP contribution in [0.2, 0.25) is 10.0 Å². The second-order valence-corrected chi connectivity index (χ2v) is 12.7. The Hall–Kier alpha value is -3.03. The van der Waals surface area contributed by atoms with E-state index in [9.17, 15) is 14.7 Å². The summed E-state index contributed by atoms with van der Waals surface area (Å²) in [5.74, 6) is 0.0205. The largest absolute Gasteiger partial charge is 0.505 e. The van der Waals surface area contributed by atoms with Crippen LogP contribution in [0.4, 0.5) is 10.5 Å². The van der Waals surface area contributed by atoms with Crippen molar-refractivity contribution < 1.29 is 19.4 Å². The number of benzene rings is 2. The van der Waals surface area contributed by atoms with Gasteiger partial charge in [-0.3, -0.25) is 9.78 Å². The van der Waals surface area contributed by atoms with Crippen molar-refractivity contribution in [3.8, 4) is 16.9 Å². The molecule has 1 amide bonds. The molecule has 2 aliphatic carbocycles. The number of aromatic hydroxyl groups is 1. The lowest BCUT2D eigenvalue weighted by Crippen LogP contribution is -2.53. The molecule has 0 unspecified atom stereocenters. The van der Waals surface area contributed by atoms with Gasteiger partial charge in [-0.25, -0.2) is 4.79 Å². The van der Waals surface area contributed by atoms with Crippen LogP contribution in [-0.4, -0.2) is 51.6 Å². The first-order valence-corrected chi connectivity index (χ1v) is 14.5. The van der Waals surface area contributed by atoms with Gasteiger partial charge in [-0.1, -0.05) is 29.3 Å². The van der Waals surface area contributed by atoms with E-state index in [2.05, 4.69) is 10.3 Å². The number of nitrogens with one attached hydrogen (secondary N) is 1. The van der Waals surface area contributed by atoms with Gasteiger partial charge in [-0.15, -0.1) is 0 Å². The summed E-state index contributed by atoms with van der Waals surface area (Å²) in [6.45, 7) is 6.08. The van der Waals surface area contributed by atoms with Gasteiger partial charge in [0.15, 0.2) is 11.5 Å². The van der Waals surface area contributed by atoms with Crippen molar-refractivity contribution in [1.82, 2.24) is 9.88 Å². The Morgan fingerprint density at radius 2 is 1.65 bits per heavy atom. The minimum absolute atomic E-state index is 0.0498. The number of ketones is 1. The molecule has 2 aliphatic rings. The Balaban J connectivity index is 1.48. The van der Waals surface area contributed by atoms with Gasteiger partial charge in [-0.05, 0) is 94.7 Å². The Labute approximate surface area is 244 Å². The molecule has 2 N–H and O–H groups in total. The molecule has 0 spiro atoms. The van der Waals surface area contributed by atoms with Crippen molar-refractivity contribution in [1.29, 1.82) is 0 Å². The number of nitrogens with zero attached hydrogens (tertiary/aromatic N) is 2. The molecule has 1 aromatic heterocycles. The predicted octanol–water partition coefficient (Wildman–Crippen LogP) is 8.10. The second-order valence-electron chi connectivity index (χ2n) is 11.9. The van der Waals surface area contributed by atoms with Gasteiger partial charge in [0.05, 0.1) is 33.9 Å². The zero-order valence-electron chi connectivity index (χ0n) is 23.3. The number of amides is 1. The van der Waals surface area contributed by atoms with Crippen LogP contribution >= 0.6 is 23.2 Å². The zero-order chi connectivity index (χ0) is 28.8. The topological polar surface area (TPSA) is 91.8 Å². The number of phenols is 1. The highest BCUT2D eigenvalue weighted by Gasteiger charge is 2.37. The lowest BCUT2D eigenvalue weighted by atomic mass is 9.87. The van der Waals surface area contributed by atoms with Gasteiger partial charge in [-0.2, -0.15) is 0 Å². The van der Waals surface area contributed by atoms with Crippen molar-refractivity contribution in [2.24, 2.45) is 5.92 Å². The van der Waals surface area contributed by atoms with E-state index in [1.165, 1.54) is 7.11 Å². The molecule has 7 nitrogen and oxygen atoms in total. The summed E-state index contributed by atoms with van der Waals surface area (Å²) in [6, 6.07) is 9.42. The molecule has 5 rings (SSSR count). The Morgan fingerprint density at radius 1 is 1.00 bits per heavy atom. The normalized spacial score (nSPS) is 19.4. The molecule has 2 aromatic carbocycles. The quantitative estimate of drug-likeness (QED) is 0.285. The highest BCUT2D eigenvalue weighted by molar-refractivity contribution is 6.37. The van der Waals surface area contributed by atoms with Crippen LogP contribution < -0.4 is 5.32 Å². The molecule has 212 valence electrons. The number of aromatic nitrogens is 1.